The van der Waals surface area contributed by atoms with Gasteiger partial charge in [0, 0.05) is 13.1 Å². The number of amides is 1. The fourth-order valence-electron chi connectivity index (χ4n) is 4.55. The number of carbonyl (C=O) groups is 2. The van der Waals surface area contributed by atoms with E-state index in [9.17, 15) is 9.59 Å². The number of piperidine rings is 1. The molecule has 1 aromatic carbocycles. The molecule has 1 saturated heterocycles. The van der Waals surface area contributed by atoms with E-state index in [0.29, 0.717) is 26.1 Å². The van der Waals surface area contributed by atoms with Crippen LogP contribution < -0.4 is 0 Å². The Kier molecular flexibility index (Phi) is 5.50. The normalized spacial score (nSPS) is 21.0. The predicted octanol–water partition coefficient (Wildman–Crippen LogP) is 4.40. The average Bonchev–Trinajstić information content (AvgIpc) is 2.88. The third-order valence-electron chi connectivity index (χ3n) is 5.70. The second kappa shape index (κ2) is 7.53. The van der Waals surface area contributed by atoms with Crippen LogP contribution in [0.15, 0.2) is 24.3 Å². The Morgan fingerprint density at radius 2 is 1.85 bits per heavy atom. The van der Waals surface area contributed by atoms with Gasteiger partial charge in [-0.05, 0) is 69.4 Å². The van der Waals surface area contributed by atoms with Crippen LogP contribution in [0.1, 0.15) is 70.4 Å². The van der Waals surface area contributed by atoms with Crippen LogP contribution in [0, 0.1) is 0 Å². The maximum atomic E-state index is 12.4. The van der Waals surface area contributed by atoms with Crippen molar-refractivity contribution in [3.8, 4) is 0 Å². The first-order valence-electron chi connectivity index (χ1n) is 9.97. The number of hydrogen-bond acceptors (Lipinski definition) is 4. The van der Waals surface area contributed by atoms with E-state index in [1.54, 1.807) is 0 Å². The number of nitrogens with zero attached hydrogens (tertiary/aromatic N) is 1. The molecule has 5 heteroatoms. The van der Waals surface area contributed by atoms with Gasteiger partial charge in [-0.1, -0.05) is 24.3 Å². The van der Waals surface area contributed by atoms with Crippen LogP contribution in [0.25, 0.3) is 0 Å². The van der Waals surface area contributed by atoms with Gasteiger partial charge in [-0.25, -0.2) is 4.79 Å². The molecule has 0 bridgehead atoms. The Balaban J connectivity index is 1.72. The standard InChI is InChI=1S/C22H31NO4/c1-5-26-19(24)14-16-15-22(18-9-7-6-8-17(16)18)10-12-23(13-11-22)20(25)27-21(2,3)4/h6-9,16H,5,10-15H2,1-4H3. The zero-order valence-corrected chi connectivity index (χ0v) is 16.9. The molecule has 0 radical (unpaired) electrons. The van der Waals surface area contributed by atoms with Gasteiger partial charge in [0.15, 0.2) is 0 Å². The van der Waals surface area contributed by atoms with Crippen molar-refractivity contribution in [1.29, 1.82) is 0 Å². The summed E-state index contributed by atoms with van der Waals surface area (Å²) in [5, 5.41) is 0. The highest BCUT2D eigenvalue weighted by Gasteiger charge is 2.46. The van der Waals surface area contributed by atoms with E-state index in [2.05, 4.69) is 18.2 Å². The maximum absolute atomic E-state index is 12.4. The molecular formula is C22H31NO4. The van der Waals surface area contributed by atoms with Gasteiger partial charge in [0.1, 0.15) is 5.60 Å². The summed E-state index contributed by atoms with van der Waals surface area (Å²) in [6, 6.07) is 8.47. The summed E-state index contributed by atoms with van der Waals surface area (Å²) in [6.45, 7) is 9.32. The molecule has 0 N–H and O–H groups in total. The molecule has 0 saturated carbocycles. The summed E-state index contributed by atoms with van der Waals surface area (Å²) >= 11 is 0. The van der Waals surface area contributed by atoms with E-state index < -0.39 is 5.60 Å². The van der Waals surface area contributed by atoms with E-state index in [4.69, 9.17) is 9.47 Å². The van der Waals surface area contributed by atoms with Crippen molar-refractivity contribution in [1.82, 2.24) is 4.90 Å². The van der Waals surface area contributed by atoms with E-state index >= 15 is 0 Å². The number of esters is 1. The summed E-state index contributed by atoms with van der Waals surface area (Å²) < 4.78 is 10.7. The number of carbonyl (C=O) groups excluding carboxylic acids is 2. The molecule has 1 heterocycles. The molecule has 1 atom stereocenters. The fourth-order valence-corrected chi connectivity index (χ4v) is 4.55. The summed E-state index contributed by atoms with van der Waals surface area (Å²) in [5.74, 6) is 0.0777. The van der Waals surface area contributed by atoms with Crippen LogP contribution in [0.3, 0.4) is 0 Å². The zero-order chi connectivity index (χ0) is 19.7. The number of rotatable bonds is 3. The Morgan fingerprint density at radius 3 is 2.48 bits per heavy atom. The molecule has 1 fully saturated rings. The predicted molar refractivity (Wildman–Crippen MR) is 104 cm³/mol. The van der Waals surface area contributed by atoms with Crippen molar-refractivity contribution >= 4 is 12.1 Å². The lowest BCUT2D eigenvalue weighted by Gasteiger charge is -2.40. The third-order valence-corrected chi connectivity index (χ3v) is 5.70. The van der Waals surface area contributed by atoms with E-state index in [0.717, 1.165) is 19.3 Å². The van der Waals surface area contributed by atoms with Gasteiger partial charge in [0.25, 0.3) is 0 Å². The molecule has 1 aliphatic carbocycles. The number of hydrogen-bond donors (Lipinski definition) is 0. The molecule has 1 unspecified atom stereocenters. The van der Waals surface area contributed by atoms with E-state index in [1.165, 1.54) is 11.1 Å². The SMILES string of the molecule is CCOC(=O)CC1CC2(CCN(C(=O)OC(C)(C)C)CC2)c2ccccc21. The van der Waals surface area contributed by atoms with Crippen LogP contribution in [0.4, 0.5) is 4.79 Å². The van der Waals surface area contributed by atoms with Crippen LogP contribution in [-0.2, 0) is 19.7 Å². The fraction of sp³-hybridized carbons (Fsp3) is 0.636. The second-order valence-electron chi connectivity index (χ2n) is 8.75. The lowest BCUT2D eigenvalue weighted by molar-refractivity contribution is -0.143. The Morgan fingerprint density at radius 1 is 1.19 bits per heavy atom. The van der Waals surface area contributed by atoms with Gasteiger partial charge in [0.05, 0.1) is 13.0 Å². The molecule has 27 heavy (non-hydrogen) atoms. The monoisotopic (exact) mass is 373 g/mol. The van der Waals surface area contributed by atoms with Crippen molar-refractivity contribution in [2.24, 2.45) is 0 Å². The molecule has 3 rings (SSSR count). The van der Waals surface area contributed by atoms with Crippen molar-refractivity contribution in [2.75, 3.05) is 19.7 Å². The van der Waals surface area contributed by atoms with Gasteiger partial charge in [-0.15, -0.1) is 0 Å². The van der Waals surface area contributed by atoms with Gasteiger partial charge >= 0.3 is 12.1 Å². The maximum Gasteiger partial charge on any atom is 0.410 e. The molecule has 1 spiro atoms. The minimum Gasteiger partial charge on any atom is -0.466 e. The zero-order valence-electron chi connectivity index (χ0n) is 16.9. The third kappa shape index (κ3) is 4.28. The lowest BCUT2D eigenvalue weighted by Crippen LogP contribution is -2.46. The molecule has 2 aliphatic rings. The van der Waals surface area contributed by atoms with Crippen LogP contribution >= 0.6 is 0 Å². The first kappa shape index (κ1) is 19.7. The van der Waals surface area contributed by atoms with Crippen LogP contribution in [-0.4, -0.2) is 42.3 Å². The van der Waals surface area contributed by atoms with Crippen molar-refractivity contribution in [3.63, 3.8) is 0 Å². The van der Waals surface area contributed by atoms with Crippen LogP contribution in [0.5, 0.6) is 0 Å². The smallest absolute Gasteiger partial charge is 0.410 e. The van der Waals surface area contributed by atoms with Crippen molar-refractivity contribution < 1.29 is 19.1 Å². The van der Waals surface area contributed by atoms with E-state index in [-0.39, 0.29) is 23.4 Å². The number of fused-ring (bicyclic) bond motifs is 2. The molecule has 1 amide bonds. The first-order chi connectivity index (χ1) is 12.7. The average molecular weight is 373 g/mol. The molecular weight excluding hydrogens is 342 g/mol. The molecule has 1 aliphatic heterocycles. The second-order valence-corrected chi connectivity index (χ2v) is 8.75. The van der Waals surface area contributed by atoms with Gasteiger partial charge in [-0.3, -0.25) is 4.79 Å². The highest BCUT2D eigenvalue weighted by Crippen LogP contribution is 2.52. The lowest BCUT2D eigenvalue weighted by atomic mass is 9.73. The summed E-state index contributed by atoms with van der Waals surface area (Å²) in [4.78, 5) is 26.3. The summed E-state index contributed by atoms with van der Waals surface area (Å²) in [6.07, 6.45) is 2.97. The Bertz CT molecular complexity index is 699. The van der Waals surface area contributed by atoms with Gasteiger partial charge in [0.2, 0.25) is 0 Å². The van der Waals surface area contributed by atoms with Gasteiger partial charge in [-0.2, -0.15) is 0 Å². The molecule has 1 aromatic rings. The Labute approximate surface area is 162 Å². The minimum absolute atomic E-state index is 0.0479. The number of likely N-dealkylation sites (tertiary alicyclic amines) is 1. The molecule has 148 valence electrons. The van der Waals surface area contributed by atoms with Crippen molar-refractivity contribution in [2.45, 2.75) is 70.3 Å². The Hall–Kier alpha value is -2.04. The largest absolute Gasteiger partial charge is 0.466 e. The first-order valence-corrected chi connectivity index (χ1v) is 9.97. The number of ether oxygens (including phenoxy) is 2. The van der Waals surface area contributed by atoms with Crippen LogP contribution in [0.2, 0.25) is 0 Å². The quantitative estimate of drug-likeness (QED) is 0.737. The molecule has 5 nitrogen and oxygen atoms in total. The summed E-state index contributed by atoms with van der Waals surface area (Å²) in [5.41, 5.74) is 2.20. The summed E-state index contributed by atoms with van der Waals surface area (Å²) in [7, 11) is 0. The topological polar surface area (TPSA) is 55.8 Å². The highest BCUT2D eigenvalue weighted by atomic mass is 16.6. The molecule has 0 aromatic heterocycles. The van der Waals surface area contributed by atoms with Crippen molar-refractivity contribution in [3.05, 3.63) is 35.4 Å². The highest BCUT2D eigenvalue weighted by molar-refractivity contribution is 5.71. The van der Waals surface area contributed by atoms with Gasteiger partial charge < -0.3 is 14.4 Å². The minimum atomic E-state index is -0.475. The van der Waals surface area contributed by atoms with E-state index in [1.807, 2.05) is 38.7 Å². The number of benzene rings is 1.